The number of nitrogens with zero attached hydrogens (tertiary/aromatic N) is 2. The monoisotopic (exact) mass is 413 g/mol. The van der Waals surface area contributed by atoms with Crippen molar-refractivity contribution in [2.24, 2.45) is 0 Å². The van der Waals surface area contributed by atoms with E-state index in [4.69, 9.17) is 0 Å². The molecular formula is C22H27N3O3S. The molecule has 1 atom stereocenters. The van der Waals surface area contributed by atoms with Crippen LogP contribution in [0.15, 0.2) is 66.1 Å². The summed E-state index contributed by atoms with van der Waals surface area (Å²) >= 11 is 0. The minimum Gasteiger partial charge on any atom is -0.348 e. The maximum absolute atomic E-state index is 12.5. The average molecular weight is 414 g/mol. The average Bonchev–Trinajstić information content (AvgIpc) is 2.74. The van der Waals surface area contributed by atoms with Crippen LogP contribution in [-0.2, 0) is 14.8 Å². The van der Waals surface area contributed by atoms with Gasteiger partial charge in [-0.3, -0.25) is 9.69 Å². The van der Waals surface area contributed by atoms with Gasteiger partial charge in [0.25, 0.3) is 0 Å². The van der Waals surface area contributed by atoms with Crippen molar-refractivity contribution in [3.63, 3.8) is 0 Å². The molecule has 1 N–H and O–H groups in total. The summed E-state index contributed by atoms with van der Waals surface area (Å²) in [5.41, 5.74) is 1.90. The zero-order valence-electron chi connectivity index (χ0n) is 16.6. The fourth-order valence-corrected chi connectivity index (χ4v) is 4.45. The van der Waals surface area contributed by atoms with E-state index in [1.54, 1.807) is 6.08 Å². The molecule has 0 bridgehead atoms. The fraction of sp³-hybridized carbons (Fsp3) is 0.318. The molecule has 1 aliphatic rings. The maximum atomic E-state index is 12.5. The van der Waals surface area contributed by atoms with E-state index in [0.717, 1.165) is 11.1 Å². The van der Waals surface area contributed by atoms with Crippen molar-refractivity contribution >= 4 is 22.0 Å². The predicted molar refractivity (Wildman–Crippen MR) is 115 cm³/mol. The Morgan fingerprint density at radius 3 is 2.21 bits per heavy atom. The number of amides is 1. The van der Waals surface area contributed by atoms with Crippen LogP contribution < -0.4 is 5.32 Å². The van der Waals surface area contributed by atoms with E-state index in [-0.39, 0.29) is 18.5 Å². The lowest BCUT2D eigenvalue weighted by Gasteiger charge is -2.33. The number of carbonyl (C=O) groups excluding carboxylic acids is 1. The second kappa shape index (κ2) is 9.82. The van der Waals surface area contributed by atoms with Gasteiger partial charge in [0.1, 0.15) is 0 Å². The standard InChI is InChI=1S/C22H27N3O3S/c1-19(21-10-6-3-7-11-21)23-22(26)18-24-13-15-25(16-14-24)29(27,28)17-12-20-8-4-2-5-9-20/h2-12,17,19H,13-16,18H2,1H3,(H,23,26)/b17-12+/t19-/m0/s1. The zero-order chi connectivity index (χ0) is 20.7. The second-order valence-electron chi connectivity index (χ2n) is 7.13. The van der Waals surface area contributed by atoms with Crippen molar-refractivity contribution in [3.05, 3.63) is 77.2 Å². The van der Waals surface area contributed by atoms with E-state index in [9.17, 15) is 13.2 Å². The Labute approximate surface area is 172 Å². The lowest BCUT2D eigenvalue weighted by Crippen LogP contribution is -2.50. The largest absolute Gasteiger partial charge is 0.348 e. The highest BCUT2D eigenvalue weighted by Gasteiger charge is 2.26. The summed E-state index contributed by atoms with van der Waals surface area (Å²) in [4.78, 5) is 14.3. The molecule has 154 valence electrons. The number of carbonyl (C=O) groups is 1. The number of piperazine rings is 1. The van der Waals surface area contributed by atoms with Crippen LogP contribution in [0.3, 0.4) is 0 Å². The first kappa shape index (κ1) is 21.2. The van der Waals surface area contributed by atoms with E-state index in [0.29, 0.717) is 26.2 Å². The van der Waals surface area contributed by atoms with Crippen LogP contribution >= 0.6 is 0 Å². The maximum Gasteiger partial charge on any atom is 0.236 e. The highest BCUT2D eigenvalue weighted by atomic mass is 32.2. The number of hydrogen-bond acceptors (Lipinski definition) is 4. The Kier molecular flexibility index (Phi) is 7.19. The quantitative estimate of drug-likeness (QED) is 0.757. The molecule has 1 saturated heterocycles. The molecule has 7 heteroatoms. The van der Waals surface area contributed by atoms with Crippen LogP contribution in [0.25, 0.3) is 6.08 Å². The SMILES string of the molecule is C[C@H](NC(=O)CN1CCN(S(=O)(=O)/C=C/c2ccccc2)CC1)c1ccccc1. The Morgan fingerprint density at radius 2 is 1.59 bits per heavy atom. The normalized spacial score (nSPS) is 17.3. The molecule has 1 fully saturated rings. The third-order valence-electron chi connectivity index (χ3n) is 4.97. The van der Waals surface area contributed by atoms with Gasteiger partial charge in [0.15, 0.2) is 0 Å². The molecule has 0 aromatic heterocycles. The molecule has 0 saturated carbocycles. The minimum absolute atomic E-state index is 0.0540. The van der Waals surface area contributed by atoms with Gasteiger partial charge in [-0.15, -0.1) is 0 Å². The van der Waals surface area contributed by atoms with Crippen molar-refractivity contribution in [3.8, 4) is 0 Å². The summed E-state index contributed by atoms with van der Waals surface area (Å²) in [6, 6.07) is 19.1. The molecular weight excluding hydrogens is 386 g/mol. The molecule has 1 amide bonds. The van der Waals surface area contributed by atoms with Crippen LogP contribution in [0.4, 0.5) is 0 Å². The fourth-order valence-electron chi connectivity index (χ4n) is 3.27. The molecule has 1 heterocycles. The first-order valence-corrected chi connectivity index (χ1v) is 11.2. The van der Waals surface area contributed by atoms with E-state index in [1.807, 2.05) is 72.5 Å². The predicted octanol–water partition coefficient (Wildman–Crippen LogP) is 2.48. The summed E-state index contributed by atoms with van der Waals surface area (Å²) in [6.07, 6.45) is 1.61. The van der Waals surface area contributed by atoms with Crippen molar-refractivity contribution in [2.45, 2.75) is 13.0 Å². The Bertz CT molecular complexity index is 922. The van der Waals surface area contributed by atoms with Crippen LogP contribution in [-0.4, -0.2) is 56.3 Å². The Balaban J connectivity index is 1.47. The molecule has 0 unspecified atom stereocenters. The van der Waals surface area contributed by atoms with Crippen LogP contribution in [0.1, 0.15) is 24.1 Å². The van der Waals surface area contributed by atoms with E-state index in [1.165, 1.54) is 9.71 Å². The summed E-state index contributed by atoms with van der Waals surface area (Å²) in [6.45, 7) is 4.05. The van der Waals surface area contributed by atoms with Gasteiger partial charge in [-0.1, -0.05) is 60.7 Å². The summed E-state index contributed by atoms with van der Waals surface area (Å²) in [7, 11) is -3.46. The number of rotatable bonds is 7. The summed E-state index contributed by atoms with van der Waals surface area (Å²) in [5.74, 6) is -0.0540. The third kappa shape index (κ3) is 6.25. The van der Waals surface area contributed by atoms with Gasteiger partial charge < -0.3 is 5.32 Å². The summed E-state index contributed by atoms with van der Waals surface area (Å²) < 4.78 is 26.5. The molecule has 0 aliphatic carbocycles. The van der Waals surface area contributed by atoms with Crippen molar-refractivity contribution in [2.75, 3.05) is 32.7 Å². The van der Waals surface area contributed by atoms with Gasteiger partial charge >= 0.3 is 0 Å². The van der Waals surface area contributed by atoms with Crippen LogP contribution in [0.5, 0.6) is 0 Å². The number of hydrogen-bond donors (Lipinski definition) is 1. The van der Waals surface area contributed by atoms with Crippen LogP contribution in [0.2, 0.25) is 0 Å². The lowest BCUT2D eigenvalue weighted by atomic mass is 10.1. The molecule has 0 spiro atoms. The Hall–Kier alpha value is -2.48. The van der Waals surface area contributed by atoms with Gasteiger partial charge in [-0.25, -0.2) is 8.42 Å². The minimum atomic E-state index is -3.46. The molecule has 2 aromatic carbocycles. The number of sulfonamides is 1. The topological polar surface area (TPSA) is 69.7 Å². The first-order valence-electron chi connectivity index (χ1n) is 9.74. The highest BCUT2D eigenvalue weighted by molar-refractivity contribution is 7.92. The number of nitrogens with one attached hydrogen (secondary N) is 1. The van der Waals surface area contributed by atoms with E-state index < -0.39 is 10.0 Å². The molecule has 6 nitrogen and oxygen atoms in total. The lowest BCUT2D eigenvalue weighted by molar-refractivity contribution is -0.123. The van der Waals surface area contributed by atoms with E-state index >= 15 is 0 Å². The highest BCUT2D eigenvalue weighted by Crippen LogP contribution is 2.13. The van der Waals surface area contributed by atoms with Gasteiger partial charge in [-0.2, -0.15) is 4.31 Å². The number of benzene rings is 2. The van der Waals surface area contributed by atoms with Gasteiger partial charge in [0.05, 0.1) is 12.6 Å². The van der Waals surface area contributed by atoms with Gasteiger partial charge in [0.2, 0.25) is 15.9 Å². The molecule has 29 heavy (non-hydrogen) atoms. The first-order chi connectivity index (χ1) is 13.9. The van der Waals surface area contributed by atoms with E-state index in [2.05, 4.69) is 5.32 Å². The molecule has 0 radical (unpaired) electrons. The van der Waals surface area contributed by atoms with Crippen molar-refractivity contribution in [1.29, 1.82) is 0 Å². The zero-order valence-corrected chi connectivity index (χ0v) is 17.4. The molecule has 1 aliphatic heterocycles. The summed E-state index contributed by atoms with van der Waals surface area (Å²) in [5, 5.41) is 4.26. The van der Waals surface area contributed by atoms with Crippen molar-refractivity contribution in [1.82, 2.24) is 14.5 Å². The molecule has 3 rings (SSSR count). The Morgan fingerprint density at radius 1 is 1.00 bits per heavy atom. The van der Waals surface area contributed by atoms with Crippen LogP contribution in [0, 0.1) is 0 Å². The van der Waals surface area contributed by atoms with Gasteiger partial charge in [-0.05, 0) is 24.1 Å². The molecule has 2 aromatic rings. The van der Waals surface area contributed by atoms with Crippen molar-refractivity contribution < 1.29 is 13.2 Å². The third-order valence-corrected chi connectivity index (χ3v) is 6.53. The smallest absolute Gasteiger partial charge is 0.236 e. The van der Waals surface area contributed by atoms with Gasteiger partial charge in [0, 0.05) is 31.6 Å². The second-order valence-corrected chi connectivity index (χ2v) is 8.95.